The highest BCUT2D eigenvalue weighted by molar-refractivity contribution is 6.38. The van der Waals surface area contributed by atoms with Crippen LogP contribution in [0.1, 0.15) is 0 Å². The van der Waals surface area contributed by atoms with Gasteiger partial charge in [0.15, 0.2) is 0 Å². The van der Waals surface area contributed by atoms with E-state index in [0.29, 0.717) is 0 Å². The minimum Gasteiger partial charge on any atom is -0.0622 e. The molecule has 0 aliphatic heterocycles. The second-order valence-electron chi connectivity index (χ2n) is 21.5. The van der Waals surface area contributed by atoms with Crippen molar-refractivity contribution in [3.63, 3.8) is 0 Å². The van der Waals surface area contributed by atoms with Crippen molar-refractivity contribution in [2.75, 3.05) is 0 Å². The third kappa shape index (κ3) is 6.41. The fraction of sp³-hybridized carbons (Fsp3) is 0. The van der Waals surface area contributed by atoms with E-state index < -0.39 is 0 Å². The Morgan fingerprint density at radius 3 is 1.00 bits per heavy atom. The molecule has 0 unspecified atom stereocenters. The molecule has 17 rings (SSSR count). The Labute approximate surface area is 451 Å². The van der Waals surface area contributed by atoms with Gasteiger partial charge >= 0.3 is 0 Å². The highest BCUT2D eigenvalue weighted by Crippen LogP contribution is 2.61. The molecule has 0 saturated heterocycles. The largest absolute Gasteiger partial charge is 0.0622 e. The predicted octanol–water partition coefficient (Wildman–Crippen LogP) is 22.0. The summed E-state index contributed by atoms with van der Waals surface area (Å²) in [4.78, 5) is 0. The maximum Gasteiger partial charge on any atom is -0.000718 e. The first-order chi connectivity index (χ1) is 38.7. The van der Waals surface area contributed by atoms with E-state index in [4.69, 9.17) is 0 Å². The Balaban J connectivity index is 1.13. The van der Waals surface area contributed by atoms with E-state index in [0.717, 1.165) is 0 Å². The Morgan fingerprint density at radius 1 is 0.141 bits per heavy atom. The van der Waals surface area contributed by atoms with Crippen LogP contribution in [-0.2, 0) is 0 Å². The summed E-state index contributed by atoms with van der Waals surface area (Å²) in [7, 11) is 0. The van der Waals surface area contributed by atoms with Gasteiger partial charge in [-0.2, -0.15) is 0 Å². The van der Waals surface area contributed by atoms with E-state index in [1.54, 1.807) is 0 Å². The van der Waals surface area contributed by atoms with Gasteiger partial charge in [0, 0.05) is 0 Å². The number of hydrogen-bond acceptors (Lipinski definition) is 0. The first-order valence-corrected chi connectivity index (χ1v) is 27.2. The molecule has 1 aliphatic carbocycles. The quantitative estimate of drug-likeness (QED) is 0.115. The number of benzene rings is 16. The van der Waals surface area contributed by atoms with E-state index in [-0.39, 0.29) is 0 Å². The van der Waals surface area contributed by atoms with E-state index >= 15 is 0 Å². The van der Waals surface area contributed by atoms with Crippen LogP contribution in [0, 0.1) is 0 Å². The van der Waals surface area contributed by atoms with Crippen molar-refractivity contribution in [2.45, 2.75) is 0 Å². The topological polar surface area (TPSA) is 0 Å². The van der Waals surface area contributed by atoms with Crippen LogP contribution in [0.5, 0.6) is 0 Å². The monoisotopic (exact) mass is 982 g/mol. The predicted molar refractivity (Wildman–Crippen MR) is 335 cm³/mol. The molecule has 0 heterocycles. The molecule has 16 aromatic rings. The van der Waals surface area contributed by atoms with Crippen LogP contribution in [0.2, 0.25) is 0 Å². The fourth-order valence-corrected chi connectivity index (χ4v) is 13.7. The Morgan fingerprint density at radius 2 is 0.500 bits per heavy atom. The number of fused-ring (bicyclic) bond motifs is 11. The zero-order chi connectivity index (χ0) is 51.0. The molecule has 1 aliphatic rings. The molecule has 78 heavy (non-hydrogen) atoms. The molecule has 0 radical (unpaired) electrons. The summed E-state index contributed by atoms with van der Waals surface area (Å²) in [6, 6.07) is 105. The molecule has 0 amide bonds. The summed E-state index contributed by atoms with van der Waals surface area (Å²) < 4.78 is 0. The summed E-state index contributed by atoms with van der Waals surface area (Å²) in [5.74, 6) is 0. The van der Waals surface area contributed by atoms with Gasteiger partial charge in [0.05, 0.1) is 0 Å². The Bertz CT molecular complexity index is 5030. The molecule has 0 heteroatoms. The van der Waals surface area contributed by atoms with Gasteiger partial charge in [-0.05, 0) is 242 Å². The zero-order valence-corrected chi connectivity index (χ0v) is 42.6. The van der Waals surface area contributed by atoms with Crippen LogP contribution in [0.15, 0.2) is 279 Å². The molecule has 0 fully saturated rings. The van der Waals surface area contributed by atoms with Crippen molar-refractivity contribution >= 4 is 86.2 Å². The van der Waals surface area contributed by atoms with Gasteiger partial charge in [-0.3, -0.25) is 0 Å². The second kappa shape index (κ2) is 16.7. The van der Waals surface area contributed by atoms with Crippen LogP contribution < -0.4 is 0 Å². The van der Waals surface area contributed by atoms with Gasteiger partial charge in [0.1, 0.15) is 0 Å². The van der Waals surface area contributed by atoms with E-state index in [1.165, 1.54) is 175 Å². The lowest BCUT2D eigenvalue weighted by atomic mass is 9.79. The standard InChI is InChI=1S/C78H46/c1-5-18-47(19-6-1)56-36-57(48-20-7-2-8-21-48)39-60(38-56)73-69-45-67-63-31-16-15-30-62(63)65-42-53-26-13-14-27-54(53)43-66(65)68(67)46-70(69)74(61-40-58(49-22-9-3-10-23-49)37-59(41-61)50-24-11-4-12-25-50)78-71-44-55-29-17-28-51-32-33-52-34-35-64(77(73)78)76(71)75(52)72(51)55/h1-46H. The average molecular weight is 983 g/mol. The van der Waals surface area contributed by atoms with Gasteiger partial charge in [-0.1, -0.05) is 212 Å². The highest BCUT2D eigenvalue weighted by Gasteiger charge is 2.33. The molecule has 0 aromatic heterocycles. The van der Waals surface area contributed by atoms with Gasteiger partial charge in [-0.15, -0.1) is 0 Å². The van der Waals surface area contributed by atoms with Crippen LogP contribution in [0.4, 0.5) is 0 Å². The lowest BCUT2D eigenvalue weighted by Crippen LogP contribution is -1.96. The molecule has 16 aromatic carbocycles. The number of rotatable bonds is 6. The van der Waals surface area contributed by atoms with Gasteiger partial charge < -0.3 is 0 Å². The van der Waals surface area contributed by atoms with E-state index in [2.05, 4.69) is 279 Å². The van der Waals surface area contributed by atoms with Crippen molar-refractivity contribution in [1.82, 2.24) is 0 Å². The van der Waals surface area contributed by atoms with Crippen molar-refractivity contribution in [1.29, 1.82) is 0 Å². The van der Waals surface area contributed by atoms with Crippen molar-refractivity contribution in [3.8, 4) is 89.0 Å². The van der Waals surface area contributed by atoms with Gasteiger partial charge in [0.2, 0.25) is 0 Å². The number of hydrogen-bond donors (Lipinski definition) is 0. The van der Waals surface area contributed by atoms with Crippen molar-refractivity contribution < 1.29 is 0 Å². The maximum absolute atomic E-state index is 2.60. The van der Waals surface area contributed by atoms with Crippen LogP contribution in [0.25, 0.3) is 175 Å². The minimum atomic E-state index is 1.19. The first kappa shape index (κ1) is 43.1. The molecular formula is C78H46. The fourth-order valence-electron chi connectivity index (χ4n) is 13.7. The van der Waals surface area contributed by atoms with Crippen LogP contribution in [0.3, 0.4) is 0 Å². The molecule has 0 bridgehead atoms. The summed E-state index contributed by atoms with van der Waals surface area (Å²) in [6.07, 6.45) is 0. The summed E-state index contributed by atoms with van der Waals surface area (Å²) >= 11 is 0. The smallest absolute Gasteiger partial charge is 0.000718 e. The van der Waals surface area contributed by atoms with E-state index in [9.17, 15) is 0 Å². The Hall–Kier alpha value is -10.1. The molecule has 0 atom stereocenters. The normalized spacial score (nSPS) is 12.1. The average Bonchev–Trinajstić information content (AvgIpc) is 3.95. The van der Waals surface area contributed by atoms with Gasteiger partial charge in [0.25, 0.3) is 0 Å². The van der Waals surface area contributed by atoms with Crippen LogP contribution >= 0.6 is 0 Å². The lowest BCUT2D eigenvalue weighted by Gasteiger charge is -2.24. The van der Waals surface area contributed by atoms with Crippen molar-refractivity contribution in [3.05, 3.63) is 279 Å². The zero-order valence-electron chi connectivity index (χ0n) is 42.6. The molecular weight excluding hydrogens is 937 g/mol. The lowest BCUT2D eigenvalue weighted by molar-refractivity contribution is 1.57. The second-order valence-corrected chi connectivity index (χ2v) is 21.5. The van der Waals surface area contributed by atoms with Crippen LogP contribution in [-0.4, -0.2) is 0 Å². The molecule has 0 nitrogen and oxygen atoms in total. The van der Waals surface area contributed by atoms with E-state index in [1.807, 2.05) is 0 Å². The summed E-state index contributed by atoms with van der Waals surface area (Å²) in [5, 5.41) is 20.3. The van der Waals surface area contributed by atoms with Gasteiger partial charge in [-0.25, -0.2) is 0 Å². The molecule has 0 saturated carbocycles. The maximum atomic E-state index is 2.60. The molecule has 0 N–H and O–H groups in total. The summed E-state index contributed by atoms with van der Waals surface area (Å²) in [5.41, 5.74) is 19.6. The molecule has 0 spiro atoms. The van der Waals surface area contributed by atoms with Crippen molar-refractivity contribution in [2.24, 2.45) is 0 Å². The Kier molecular flexibility index (Phi) is 9.22. The highest BCUT2D eigenvalue weighted by atomic mass is 14.4. The first-order valence-electron chi connectivity index (χ1n) is 27.2. The SMILES string of the molecule is c1ccc(-c2cc(-c3ccccc3)cc(-c3c4c(c(-c5cc(-c6ccccc6)cc(-c6ccccc6)c5)c5cc6c7cc8ccccc8cc7c7ccccc7c6cc35)-c3cc5cccc6ccc7ccc-4c3c7c65)c2)cc1. The summed E-state index contributed by atoms with van der Waals surface area (Å²) in [6.45, 7) is 0. The third-order valence-corrected chi connectivity index (χ3v) is 17.2. The molecule has 358 valence electrons. The minimum absolute atomic E-state index is 1.19. The third-order valence-electron chi connectivity index (χ3n) is 17.2.